The number of amides is 2. The second-order valence-electron chi connectivity index (χ2n) is 6.32. The molecule has 0 aliphatic heterocycles. The maximum atomic E-state index is 11.6. The molecule has 5 heteroatoms. The van der Waals surface area contributed by atoms with Gasteiger partial charge >= 0.3 is 12.0 Å². The molecule has 0 aromatic carbocycles. The molecule has 5 nitrogen and oxygen atoms in total. The van der Waals surface area contributed by atoms with Crippen molar-refractivity contribution in [3.05, 3.63) is 0 Å². The van der Waals surface area contributed by atoms with Crippen molar-refractivity contribution >= 4 is 12.0 Å². The highest BCUT2D eigenvalue weighted by atomic mass is 16.4. The third-order valence-corrected chi connectivity index (χ3v) is 4.29. The molecule has 122 valence electrons. The quantitative estimate of drug-likeness (QED) is 0.572. The van der Waals surface area contributed by atoms with E-state index in [0.29, 0.717) is 12.5 Å². The number of aliphatic carboxylic acids is 1. The summed E-state index contributed by atoms with van der Waals surface area (Å²) in [5, 5.41) is 14.3. The van der Waals surface area contributed by atoms with Crippen molar-refractivity contribution in [2.24, 2.45) is 11.8 Å². The summed E-state index contributed by atoms with van der Waals surface area (Å²) in [6, 6.07) is -0.0702. The zero-order chi connectivity index (χ0) is 15.5. The van der Waals surface area contributed by atoms with Gasteiger partial charge in [-0.15, -0.1) is 0 Å². The zero-order valence-electron chi connectivity index (χ0n) is 13.2. The Hall–Kier alpha value is -1.26. The molecule has 0 aromatic heterocycles. The maximum absolute atomic E-state index is 11.6. The average molecular weight is 298 g/mol. The molecule has 0 radical (unpaired) electrons. The molecule has 0 spiro atoms. The van der Waals surface area contributed by atoms with Crippen molar-refractivity contribution in [2.75, 3.05) is 13.1 Å². The van der Waals surface area contributed by atoms with Gasteiger partial charge in [-0.3, -0.25) is 4.79 Å². The lowest BCUT2D eigenvalue weighted by atomic mass is 9.83. The number of carboxylic acids is 1. The van der Waals surface area contributed by atoms with Crippen LogP contribution in [0, 0.1) is 11.8 Å². The average Bonchev–Trinajstić information content (AvgIpc) is 2.45. The summed E-state index contributed by atoms with van der Waals surface area (Å²) >= 11 is 0. The molecule has 1 fully saturated rings. The zero-order valence-corrected chi connectivity index (χ0v) is 13.2. The van der Waals surface area contributed by atoms with Gasteiger partial charge in [0, 0.05) is 19.5 Å². The third kappa shape index (κ3) is 9.32. The smallest absolute Gasteiger partial charge is 0.314 e. The fraction of sp³-hybridized carbons (Fsp3) is 0.875. The maximum Gasteiger partial charge on any atom is 0.314 e. The number of nitrogens with one attached hydrogen (secondary N) is 2. The molecule has 1 aliphatic carbocycles. The largest absolute Gasteiger partial charge is 0.481 e. The molecule has 0 heterocycles. The van der Waals surface area contributed by atoms with E-state index in [9.17, 15) is 9.59 Å². The van der Waals surface area contributed by atoms with E-state index in [1.54, 1.807) is 0 Å². The minimum absolute atomic E-state index is 0.0702. The van der Waals surface area contributed by atoms with Crippen molar-refractivity contribution in [2.45, 2.75) is 64.7 Å². The Balaban J connectivity index is 1.91. The second kappa shape index (κ2) is 10.5. The van der Waals surface area contributed by atoms with Crippen LogP contribution in [0.3, 0.4) is 0 Å². The summed E-state index contributed by atoms with van der Waals surface area (Å²) in [5.41, 5.74) is 0. The van der Waals surface area contributed by atoms with E-state index in [1.807, 2.05) is 0 Å². The molecular formula is C16H30N2O3. The van der Waals surface area contributed by atoms with E-state index < -0.39 is 5.97 Å². The van der Waals surface area contributed by atoms with E-state index in [2.05, 4.69) is 17.6 Å². The molecule has 1 rings (SSSR count). The normalized spacial score (nSPS) is 21.8. The third-order valence-electron chi connectivity index (χ3n) is 4.29. The van der Waals surface area contributed by atoms with Crippen molar-refractivity contribution in [3.63, 3.8) is 0 Å². The van der Waals surface area contributed by atoms with Crippen LogP contribution in [0.5, 0.6) is 0 Å². The minimum atomic E-state index is -0.732. The Kier molecular flexibility index (Phi) is 8.87. The second-order valence-corrected chi connectivity index (χ2v) is 6.32. The minimum Gasteiger partial charge on any atom is -0.481 e. The fourth-order valence-corrected chi connectivity index (χ4v) is 2.79. The molecule has 0 bridgehead atoms. The highest BCUT2D eigenvalue weighted by molar-refractivity contribution is 5.73. The van der Waals surface area contributed by atoms with Crippen molar-refractivity contribution in [3.8, 4) is 0 Å². The molecule has 21 heavy (non-hydrogen) atoms. The van der Waals surface area contributed by atoms with Crippen molar-refractivity contribution in [1.82, 2.24) is 10.6 Å². The van der Waals surface area contributed by atoms with Gasteiger partial charge in [-0.05, 0) is 37.5 Å². The van der Waals surface area contributed by atoms with Crippen LogP contribution >= 0.6 is 0 Å². The molecule has 3 N–H and O–H groups in total. The number of hydrogen-bond donors (Lipinski definition) is 3. The molecule has 0 aromatic rings. The van der Waals surface area contributed by atoms with E-state index in [-0.39, 0.29) is 12.5 Å². The van der Waals surface area contributed by atoms with Gasteiger partial charge in [0.05, 0.1) is 0 Å². The Morgan fingerprint density at radius 2 is 1.67 bits per heavy atom. The Labute approximate surface area is 127 Å². The van der Waals surface area contributed by atoms with Gasteiger partial charge in [0.1, 0.15) is 0 Å². The highest BCUT2D eigenvalue weighted by Gasteiger charge is 2.18. The van der Waals surface area contributed by atoms with E-state index in [1.165, 1.54) is 25.7 Å². The number of carboxylic acid groups (broad SMARTS) is 1. The van der Waals surface area contributed by atoms with Crippen molar-refractivity contribution < 1.29 is 14.7 Å². The summed E-state index contributed by atoms with van der Waals surface area (Å²) in [6.07, 6.45) is 8.78. The van der Waals surface area contributed by atoms with Crippen LogP contribution in [0.15, 0.2) is 0 Å². The first-order chi connectivity index (χ1) is 10.1. The Morgan fingerprint density at radius 1 is 1.00 bits per heavy atom. The van der Waals surface area contributed by atoms with Crippen LogP contribution < -0.4 is 10.6 Å². The fourth-order valence-electron chi connectivity index (χ4n) is 2.79. The number of urea groups is 1. The number of carbonyl (C=O) groups excluding carboxylic acids is 1. The Bertz CT molecular complexity index is 313. The first-order valence-electron chi connectivity index (χ1n) is 8.31. The summed E-state index contributed by atoms with van der Waals surface area (Å²) < 4.78 is 0. The van der Waals surface area contributed by atoms with E-state index in [4.69, 9.17) is 5.11 Å². The van der Waals surface area contributed by atoms with Crippen molar-refractivity contribution in [1.29, 1.82) is 0 Å². The van der Waals surface area contributed by atoms with Crippen LogP contribution in [-0.2, 0) is 4.79 Å². The van der Waals surface area contributed by atoms with Gasteiger partial charge < -0.3 is 15.7 Å². The van der Waals surface area contributed by atoms with Crippen LogP contribution in [0.4, 0.5) is 4.79 Å². The predicted molar refractivity (Wildman–Crippen MR) is 83.2 cm³/mol. The highest BCUT2D eigenvalue weighted by Crippen LogP contribution is 2.27. The van der Waals surface area contributed by atoms with Gasteiger partial charge in [0.25, 0.3) is 0 Å². The monoisotopic (exact) mass is 298 g/mol. The molecular weight excluding hydrogens is 268 g/mol. The summed E-state index contributed by atoms with van der Waals surface area (Å²) in [6.45, 7) is 3.75. The molecule has 0 unspecified atom stereocenters. The first-order valence-corrected chi connectivity index (χ1v) is 8.31. The molecule has 2 amide bonds. The summed E-state index contributed by atoms with van der Waals surface area (Å²) in [4.78, 5) is 22.0. The summed E-state index contributed by atoms with van der Waals surface area (Å²) in [5.74, 6) is 0.754. The number of hydrogen-bond acceptors (Lipinski definition) is 2. The lowest BCUT2D eigenvalue weighted by Crippen LogP contribution is -2.39. The number of rotatable bonds is 9. The SMILES string of the molecule is CC1CCC(CNC(=O)NCCCCCCC(=O)O)CC1. The van der Waals surface area contributed by atoms with Crippen LogP contribution in [0.2, 0.25) is 0 Å². The van der Waals surface area contributed by atoms with Crippen LogP contribution in [0.25, 0.3) is 0 Å². The predicted octanol–water partition coefficient (Wildman–Crippen LogP) is 3.15. The van der Waals surface area contributed by atoms with E-state index in [0.717, 1.165) is 38.1 Å². The molecule has 1 aliphatic rings. The van der Waals surface area contributed by atoms with Crippen LogP contribution in [-0.4, -0.2) is 30.2 Å². The van der Waals surface area contributed by atoms with E-state index >= 15 is 0 Å². The Morgan fingerprint density at radius 3 is 2.33 bits per heavy atom. The van der Waals surface area contributed by atoms with Gasteiger partial charge in [0.15, 0.2) is 0 Å². The molecule has 0 atom stereocenters. The molecule has 0 saturated heterocycles. The first kappa shape index (κ1) is 17.8. The lowest BCUT2D eigenvalue weighted by molar-refractivity contribution is -0.137. The standard InChI is InChI=1S/C16H30N2O3/c1-13-7-9-14(10-8-13)12-18-16(21)17-11-5-3-2-4-6-15(19)20/h13-14H,2-12H2,1H3,(H,19,20)(H2,17,18,21). The number of unbranched alkanes of at least 4 members (excludes halogenated alkanes) is 3. The van der Waals surface area contributed by atoms with Gasteiger partial charge in [-0.1, -0.05) is 32.6 Å². The van der Waals surface area contributed by atoms with Gasteiger partial charge in [-0.25, -0.2) is 4.79 Å². The number of carbonyl (C=O) groups is 2. The van der Waals surface area contributed by atoms with Gasteiger partial charge in [0.2, 0.25) is 0 Å². The van der Waals surface area contributed by atoms with Crippen LogP contribution in [0.1, 0.15) is 64.7 Å². The molecule has 1 saturated carbocycles. The van der Waals surface area contributed by atoms with Gasteiger partial charge in [-0.2, -0.15) is 0 Å². The lowest BCUT2D eigenvalue weighted by Gasteiger charge is -2.26. The summed E-state index contributed by atoms with van der Waals surface area (Å²) in [7, 11) is 0. The topological polar surface area (TPSA) is 78.4 Å².